The lowest BCUT2D eigenvalue weighted by molar-refractivity contribution is 0.0741. The number of nitrogens with one attached hydrogen (secondary N) is 1. The summed E-state index contributed by atoms with van der Waals surface area (Å²) in [7, 11) is 0. The van der Waals surface area contributed by atoms with Crippen LogP contribution in [0.25, 0.3) is 5.65 Å². The SMILES string of the molecule is OC1NC[C@H](O)COc2ccc(F)cc2[C@@H]2C[C@@H](O)CN2c2ccn3ncc1c3n2. The molecule has 5 rings (SSSR count). The molecule has 2 aromatic heterocycles. The van der Waals surface area contributed by atoms with Gasteiger partial charge in [0.1, 0.15) is 36.3 Å². The van der Waals surface area contributed by atoms with E-state index in [0.717, 1.165) is 0 Å². The number of aromatic nitrogens is 3. The molecule has 4 heterocycles. The highest BCUT2D eigenvalue weighted by atomic mass is 19.1. The van der Waals surface area contributed by atoms with Crippen molar-refractivity contribution >= 4 is 11.5 Å². The molecule has 4 N–H and O–H groups in total. The van der Waals surface area contributed by atoms with Crippen molar-refractivity contribution < 1.29 is 24.4 Å². The van der Waals surface area contributed by atoms with Gasteiger partial charge in [0.2, 0.25) is 0 Å². The molecule has 1 fully saturated rings. The highest BCUT2D eigenvalue weighted by molar-refractivity contribution is 5.56. The van der Waals surface area contributed by atoms with Crippen LogP contribution < -0.4 is 15.0 Å². The number of halogens is 1. The van der Waals surface area contributed by atoms with Crippen LogP contribution in [0.1, 0.15) is 29.8 Å². The van der Waals surface area contributed by atoms with Crippen molar-refractivity contribution in [2.24, 2.45) is 0 Å². The average molecular weight is 415 g/mol. The minimum atomic E-state index is -1.08. The zero-order chi connectivity index (χ0) is 20.8. The largest absolute Gasteiger partial charge is 0.490 e. The Hall–Kier alpha value is -2.79. The summed E-state index contributed by atoms with van der Waals surface area (Å²) in [6.07, 6.45) is 1.01. The van der Waals surface area contributed by atoms with Gasteiger partial charge >= 0.3 is 0 Å². The summed E-state index contributed by atoms with van der Waals surface area (Å²) in [5.41, 5.74) is 1.50. The van der Waals surface area contributed by atoms with Crippen LogP contribution in [-0.4, -0.2) is 61.8 Å². The van der Waals surface area contributed by atoms with E-state index in [0.29, 0.717) is 41.3 Å². The molecule has 0 amide bonds. The normalized spacial score (nSPS) is 26.9. The molecule has 2 bridgehead atoms. The highest BCUT2D eigenvalue weighted by Crippen LogP contribution is 2.40. The number of β-amino-alcohol motifs (C(OH)–C–C–N with tert-alkyl or cyclic N) is 1. The number of hydrogen-bond donors (Lipinski definition) is 4. The van der Waals surface area contributed by atoms with Crippen LogP contribution in [0, 0.1) is 5.82 Å². The van der Waals surface area contributed by atoms with E-state index in [1.54, 1.807) is 16.8 Å². The topological polar surface area (TPSA) is 115 Å². The van der Waals surface area contributed by atoms with Crippen LogP contribution in [0.2, 0.25) is 0 Å². The van der Waals surface area contributed by atoms with Gasteiger partial charge in [-0.25, -0.2) is 13.9 Å². The molecule has 158 valence electrons. The van der Waals surface area contributed by atoms with E-state index in [9.17, 15) is 19.7 Å². The van der Waals surface area contributed by atoms with Gasteiger partial charge < -0.3 is 25.0 Å². The van der Waals surface area contributed by atoms with Crippen molar-refractivity contribution in [2.45, 2.75) is 30.9 Å². The van der Waals surface area contributed by atoms with E-state index >= 15 is 0 Å². The summed E-state index contributed by atoms with van der Waals surface area (Å²) in [4.78, 5) is 6.56. The van der Waals surface area contributed by atoms with Crippen LogP contribution in [0.5, 0.6) is 5.75 Å². The Kier molecular flexibility index (Phi) is 4.78. The summed E-state index contributed by atoms with van der Waals surface area (Å²) in [5.74, 6) is 0.597. The van der Waals surface area contributed by atoms with Crippen molar-refractivity contribution in [3.8, 4) is 5.75 Å². The molecular weight excluding hydrogens is 393 g/mol. The first-order valence-electron chi connectivity index (χ1n) is 9.80. The van der Waals surface area contributed by atoms with E-state index in [1.165, 1.54) is 24.4 Å². The molecule has 1 aromatic carbocycles. The molecule has 0 radical (unpaired) electrons. The maximum Gasteiger partial charge on any atom is 0.164 e. The summed E-state index contributed by atoms with van der Waals surface area (Å²) in [5, 5.41) is 38.2. The quantitative estimate of drug-likeness (QED) is 0.420. The Bertz CT molecular complexity index is 1080. The average Bonchev–Trinajstić information content (AvgIpc) is 3.33. The van der Waals surface area contributed by atoms with Crippen LogP contribution in [-0.2, 0) is 0 Å². The number of aliphatic hydroxyl groups is 3. The van der Waals surface area contributed by atoms with Gasteiger partial charge in [0.05, 0.1) is 23.9 Å². The van der Waals surface area contributed by atoms with E-state index in [2.05, 4.69) is 15.4 Å². The lowest BCUT2D eigenvalue weighted by Crippen LogP contribution is -2.34. The standard InChI is InChI=1S/C20H22FN5O4/c21-11-1-2-17-14(5-11)16-6-12(27)9-25(16)18-3-4-26-19(24-18)15(8-23-26)20(29)22-7-13(28)10-30-17/h1-5,8,12-13,16,20,22,27-29H,6-7,9-10H2/t12-,13+,16+,20?/m1/s1. The van der Waals surface area contributed by atoms with E-state index in [1.807, 2.05) is 4.90 Å². The number of aliphatic hydroxyl groups excluding tert-OH is 3. The number of ether oxygens (including phenoxy) is 1. The van der Waals surface area contributed by atoms with Crippen LogP contribution in [0.15, 0.2) is 36.7 Å². The van der Waals surface area contributed by atoms with Crippen LogP contribution >= 0.6 is 0 Å². The predicted octanol–water partition coefficient (Wildman–Crippen LogP) is 0.514. The fourth-order valence-corrected chi connectivity index (χ4v) is 4.11. The minimum absolute atomic E-state index is 0.0411. The second-order valence-electron chi connectivity index (χ2n) is 7.67. The Morgan fingerprint density at radius 2 is 2.00 bits per heavy atom. The molecule has 1 saturated heterocycles. The molecule has 9 nitrogen and oxygen atoms in total. The van der Waals surface area contributed by atoms with Crippen molar-refractivity contribution in [1.29, 1.82) is 0 Å². The molecule has 3 aromatic rings. The summed E-state index contributed by atoms with van der Waals surface area (Å²) < 4.78 is 21.5. The molecule has 2 aliphatic rings. The minimum Gasteiger partial charge on any atom is -0.490 e. The van der Waals surface area contributed by atoms with Gasteiger partial charge in [-0.05, 0) is 30.7 Å². The number of anilines is 1. The Morgan fingerprint density at radius 1 is 1.13 bits per heavy atom. The molecule has 0 saturated carbocycles. The maximum absolute atomic E-state index is 14.1. The zero-order valence-electron chi connectivity index (χ0n) is 16.0. The third kappa shape index (κ3) is 3.37. The molecule has 0 spiro atoms. The first kappa shape index (κ1) is 19.2. The molecular formula is C20H22FN5O4. The Morgan fingerprint density at radius 3 is 2.87 bits per heavy atom. The fourth-order valence-electron chi connectivity index (χ4n) is 4.11. The summed E-state index contributed by atoms with van der Waals surface area (Å²) in [6.45, 7) is 0.347. The summed E-state index contributed by atoms with van der Waals surface area (Å²) >= 11 is 0. The van der Waals surface area contributed by atoms with Crippen LogP contribution in [0.4, 0.5) is 10.2 Å². The third-order valence-electron chi connectivity index (χ3n) is 5.56. The van der Waals surface area contributed by atoms with Gasteiger partial charge in [-0.2, -0.15) is 5.10 Å². The van der Waals surface area contributed by atoms with E-state index in [-0.39, 0.29) is 19.2 Å². The molecule has 0 aliphatic carbocycles. The second kappa shape index (κ2) is 7.47. The van der Waals surface area contributed by atoms with E-state index in [4.69, 9.17) is 4.74 Å². The van der Waals surface area contributed by atoms with Gasteiger partial charge in [-0.3, -0.25) is 5.32 Å². The smallest absolute Gasteiger partial charge is 0.164 e. The van der Waals surface area contributed by atoms with Gasteiger partial charge in [0, 0.05) is 24.8 Å². The second-order valence-corrected chi connectivity index (χ2v) is 7.67. The van der Waals surface area contributed by atoms with Gasteiger partial charge in [0.25, 0.3) is 0 Å². The van der Waals surface area contributed by atoms with Gasteiger partial charge in [0.15, 0.2) is 5.65 Å². The summed E-state index contributed by atoms with van der Waals surface area (Å²) in [6, 6.07) is 5.63. The van der Waals surface area contributed by atoms with Crippen molar-refractivity contribution in [2.75, 3.05) is 24.6 Å². The van der Waals surface area contributed by atoms with Crippen LogP contribution in [0.3, 0.4) is 0 Å². The molecule has 10 heteroatoms. The molecule has 1 unspecified atom stereocenters. The number of hydrogen-bond acceptors (Lipinski definition) is 8. The lowest BCUT2D eigenvalue weighted by Gasteiger charge is -2.28. The fraction of sp³-hybridized carbons (Fsp3) is 0.400. The maximum atomic E-state index is 14.1. The zero-order valence-corrected chi connectivity index (χ0v) is 16.0. The number of rotatable bonds is 0. The molecule has 2 aliphatic heterocycles. The third-order valence-corrected chi connectivity index (χ3v) is 5.56. The number of fused-ring (bicyclic) bond motifs is 5. The van der Waals surface area contributed by atoms with Crippen molar-refractivity contribution in [3.63, 3.8) is 0 Å². The molecule has 30 heavy (non-hydrogen) atoms. The van der Waals surface area contributed by atoms with Gasteiger partial charge in [-0.1, -0.05) is 0 Å². The highest BCUT2D eigenvalue weighted by Gasteiger charge is 2.35. The number of benzene rings is 1. The van der Waals surface area contributed by atoms with E-state index < -0.39 is 24.3 Å². The Balaban J connectivity index is 1.66. The first-order chi connectivity index (χ1) is 14.5. The van der Waals surface area contributed by atoms with Crippen molar-refractivity contribution in [1.82, 2.24) is 19.9 Å². The monoisotopic (exact) mass is 415 g/mol. The first-order valence-corrected chi connectivity index (χ1v) is 9.80. The molecule has 4 atom stereocenters. The predicted molar refractivity (Wildman–Crippen MR) is 105 cm³/mol. The Labute approximate surface area is 171 Å². The lowest BCUT2D eigenvalue weighted by atomic mass is 10.0. The number of nitrogens with zero attached hydrogens (tertiary/aromatic N) is 4. The van der Waals surface area contributed by atoms with Crippen molar-refractivity contribution in [3.05, 3.63) is 53.6 Å². The van der Waals surface area contributed by atoms with Gasteiger partial charge in [-0.15, -0.1) is 0 Å².